The van der Waals surface area contributed by atoms with Crippen molar-refractivity contribution >= 4 is 5.91 Å². The SMILES string of the molecule is CNC(=O)[C@H]1CCN(Cc2ccccc2)C1. The number of benzene rings is 1. The van der Waals surface area contributed by atoms with Crippen LogP contribution in [-0.4, -0.2) is 30.9 Å². The zero-order chi connectivity index (χ0) is 11.4. The van der Waals surface area contributed by atoms with Crippen LogP contribution in [0.5, 0.6) is 0 Å². The molecule has 1 aromatic carbocycles. The lowest BCUT2D eigenvalue weighted by atomic mass is 10.1. The molecule has 3 nitrogen and oxygen atoms in total. The Morgan fingerprint density at radius 3 is 2.88 bits per heavy atom. The van der Waals surface area contributed by atoms with Crippen LogP contribution in [0.1, 0.15) is 12.0 Å². The normalized spacial score (nSPS) is 20.9. The summed E-state index contributed by atoms with van der Waals surface area (Å²) in [6.07, 6.45) is 0.979. The smallest absolute Gasteiger partial charge is 0.224 e. The van der Waals surface area contributed by atoms with Crippen molar-refractivity contribution in [3.63, 3.8) is 0 Å². The molecule has 1 aromatic rings. The van der Waals surface area contributed by atoms with Crippen LogP contribution in [0.4, 0.5) is 0 Å². The van der Waals surface area contributed by atoms with Crippen molar-refractivity contribution in [2.45, 2.75) is 13.0 Å². The minimum atomic E-state index is 0.175. The van der Waals surface area contributed by atoms with E-state index in [0.29, 0.717) is 0 Å². The van der Waals surface area contributed by atoms with Gasteiger partial charge in [-0.05, 0) is 18.5 Å². The number of hydrogen-bond acceptors (Lipinski definition) is 2. The van der Waals surface area contributed by atoms with E-state index in [1.807, 2.05) is 6.07 Å². The summed E-state index contributed by atoms with van der Waals surface area (Å²) in [5, 5.41) is 2.73. The Hall–Kier alpha value is -1.35. The maximum Gasteiger partial charge on any atom is 0.224 e. The molecule has 86 valence electrons. The summed E-state index contributed by atoms with van der Waals surface area (Å²) in [6.45, 7) is 2.86. The van der Waals surface area contributed by atoms with Gasteiger partial charge in [-0.25, -0.2) is 0 Å². The molecule has 3 heteroatoms. The third kappa shape index (κ3) is 2.61. The van der Waals surface area contributed by atoms with E-state index >= 15 is 0 Å². The lowest BCUT2D eigenvalue weighted by molar-refractivity contribution is -0.124. The van der Waals surface area contributed by atoms with Gasteiger partial charge in [0.25, 0.3) is 0 Å². The Morgan fingerprint density at radius 2 is 2.19 bits per heavy atom. The van der Waals surface area contributed by atoms with Gasteiger partial charge in [-0.3, -0.25) is 9.69 Å². The second-order valence-electron chi connectivity index (χ2n) is 4.32. The van der Waals surface area contributed by atoms with Crippen molar-refractivity contribution < 1.29 is 4.79 Å². The molecule has 1 amide bonds. The van der Waals surface area contributed by atoms with Crippen LogP contribution in [0.15, 0.2) is 30.3 Å². The predicted octanol–water partition coefficient (Wildman–Crippen LogP) is 1.25. The van der Waals surface area contributed by atoms with Crippen molar-refractivity contribution in [1.82, 2.24) is 10.2 Å². The van der Waals surface area contributed by atoms with Crippen LogP contribution in [-0.2, 0) is 11.3 Å². The molecule has 1 saturated heterocycles. The van der Waals surface area contributed by atoms with Gasteiger partial charge in [0, 0.05) is 20.1 Å². The van der Waals surface area contributed by atoms with Crippen LogP contribution in [0, 0.1) is 5.92 Å². The average molecular weight is 218 g/mol. The van der Waals surface area contributed by atoms with Gasteiger partial charge in [-0.2, -0.15) is 0 Å². The highest BCUT2D eigenvalue weighted by atomic mass is 16.1. The van der Waals surface area contributed by atoms with Crippen molar-refractivity contribution in [2.24, 2.45) is 5.92 Å². The van der Waals surface area contributed by atoms with E-state index in [-0.39, 0.29) is 11.8 Å². The van der Waals surface area contributed by atoms with E-state index < -0.39 is 0 Å². The molecule has 0 aromatic heterocycles. The lowest BCUT2D eigenvalue weighted by Crippen LogP contribution is -2.30. The molecule has 1 atom stereocenters. The fraction of sp³-hybridized carbons (Fsp3) is 0.462. The first-order valence-electron chi connectivity index (χ1n) is 5.77. The quantitative estimate of drug-likeness (QED) is 0.828. The first-order valence-corrected chi connectivity index (χ1v) is 5.77. The van der Waals surface area contributed by atoms with Crippen LogP contribution < -0.4 is 5.32 Å². The molecule has 1 heterocycles. The number of amides is 1. The number of nitrogens with zero attached hydrogens (tertiary/aromatic N) is 1. The standard InChI is InChI=1S/C13H18N2O/c1-14-13(16)12-7-8-15(10-12)9-11-5-3-2-4-6-11/h2-6,12H,7-10H2,1H3,(H,14,16)/t12-/m0/s1. The van der Waals surface area contributed by atoms with Crippen LogP contribution in [0.25, 0.3) is 0 Å². The maximum atomic E-state index is 11.5. The molecule has 2 rings (SSSR count). The molecule has 0 spiro atoms. The molecule has 0 radical (unpaired) electrons. The van der Waals surface area contributed by atoms with Gasteiger partial charge >= 0.3 is 0 Å². The van der Waals surface area contributed by atoms with Crippen molar-refractivity contribution in [3.8, 4) is 0 Å². The fourth-order valence-corrected chi connectivity index (χ4v) is 2.24. The Labute approximate surface area is 96.5 Å². The summed E-state index contributed by atoms with van der Waals surface area (Å²) >= 11 is 0. The topological polar surface area (TPSA) is 32.3 Å². The number of hydrogen-bond donors (Lipinski definition) is 1. The lowest BCUT2D eigenvalue weighted by Gasteiger charge is -2.15. The fourth-order valence-electron chi connectivity index (χ4n) is 2.24. The largest absolute Gasteiger partial charge is 0.359 e. The molecule has 0 unspecified atom stereocenters. The number of likely N-dealkylation sites (tertiary alicyclic amines) is 1. The van der Waals surface area contributed by atoms with Gasteiger partial charge in [0.2, 0.25) is 5.91 Å². The second-order valence-corrected chi connectivity index (χ2v) is 4.32. The summed E-state index contributed by atoms with van der Waals surface area (Å²) in [7, 11) is 1.71. The van der Waals surface area contributed by atoms with E-state index in [4.69, 9.17) is 0 Å². The number of nitrogens with one attached hydrogen (secondary N) is 1. The van der Waals surface area contributed by atoms with E-state index in [2.05, 4.69) is 34.5 Å². The summed E-state index contributed by atoms with van der Waals surface area (Å²) in [5.41, 5.74) is 1.32. The average Bonchev–Trinajstić information content (AvgIpc) is 2.78. The molecule has 1 N–H and O–H groups in total. The van der Waals surface area contributed by atoms with E-state index in [1.165, 1.54) is 5.56 Å². The third-order valence-corrected chi connectivity index (χ3v) is 3.14. The van der Waals surface area contributed by atoms with E-state index in [0.717, 1.165) is 26.1 Å². The van der Waals surface area contributed by atoms with Gasteiger partial charge in [-0.15, -0.1) is 0 Å². The number of carbonyl (C=O) groups is 1. The van der Waals surface area contributed by atoms with Crippen molar-refractivity contribution in [2.75, 3.05) is 20.1 Å². The van der Waals surface area contributed by atoms with Gasteiger partial charge in [0.05, 0.1) is 5.92 Å². The number of rotatable bonds is 3. The minimum absolute atomic E-state index is 0.175. The number of carbonyl (C=O) groups excluding carboxylic acids is 1. The van der Waals surface area contributed by atoms with Crippen LogP contribution >= 0.6 is 0 Å². The molecular weight excluding hydrogens is 200 g/mol. The molecule has 1 fully saturated rings. The Morgan fingerprint density at radius 1 is 1.44 bits per heavy atom. The predicted molar refractivity (Wildman–Crippen MR) is 63.9 cm³/mol. The van der Waals surface area contributed by atoms with E-state index in [1.54, 1.807) is 7.05 Å². The first-order chi connectivity index (χ1) is 7.79. The summed E-state index contributed by atoms with van der Waals surface area (Å²) in [4.78, 5) is 13.8. The van der Waals surface area contributed by atoms with Crippen LogP contribution in [0.3, 0.4) is 0 Å². The maximum absolute atomic E-state index is 11.5. The summed E-state index contributed by atoms with van der Waals surface area (Å²) in [5.74, 6) is 0.351. The molecular formula is C13H18N2O. The van der Waals surface area contributed by atoms with Crippen LogP contribution in [0.2, 0.25) is 0 Å². The summed E-state index contributed by atoms with van der Waals surface area (Å²) in [6, 6.07) is 10.4. The highest BCUT2D eigenvalue weighted by Gasteiger charge is 2.27. The molecule has 1 aliphatic heterocycles. The zero-order valence-corrected chi connectivity index (χ0v) is 9.65. The highest BCUT2D eigenvalue weighted by Crippen LogP contribution is 2.18. The molecule has 0 bridgehead atoms. The summed E-state index contributed by atoms with van der Waals surface area (Å²) < 4.78 is 0. The Bertz CT molecular complexity index is 350. The Kier molecular flexibility index (Phi) is 3.57. The second kappa shape index (κ2) is 5.12. The van der Waals surface area contributed by atoms with Crippen molar-refractivity contribution in [1.29, 1.82) is 0 Å². The first kappa shape index (κ1) is 11.1. The molecule has 1 aliphatic rings. The van der Waals surface area contributed by atoms with Gasteiger partial charge in [0.1, 0.15) is 0 Å². The van der Waals surface area contributed by atoms with Gasteiger partial charge in [0.15, 0.2) is 0 Å². The van der Waals surface area contributed by atoms with E-state index in [9.17, 15) is 4.79 Å². The monoisotopic (exact) mass is 218 g/mol. The molecule has 0 saturated carbocycles. The zero-order valence-electron chi connectivity index (χ0n) is 9.65. The van der Waals surface area contributed by atoms with Gasteiger partial charge < -0.3 is 5.32 Å². The Balaban J connectivity index is 1.88. The van der Waals surface area contributed by atoms with Crippen molar-refractivity contribution in [3.05, 3.63) is 35.9 Å². The minimum Gasteiger partial charge on any atom is -0.359 e. The highest BCUT2D eigenvalue weighted by molar-refractivity contribution is 5.78. The third-order valence-electron chi connectivity index (χ3n) is 3.14. The van der Waals surface area contributed by atoms with Gasteiger partial charge in [-0.1, -0.05) is 30.3 Å². The molecule has 16 heavy (non-hydrogen) atoms. The molecule has 0 aliphatic carbocycles.